The van der Waals surface area contributed by atoms with Gasteiger partial charge >= 0.3 is 5.97 Å². The monoisotopic (exact) mass is 724 g/mol. The number of pyridine rings is 1. The van der Waals surface area contributed by atoms with E-state index in [4.69, 9.17) is 21.1 Å². The number of hydrogen-bond donors (Lipinski definition) is 3. The van der Waals surface area contributed by atoms with E-state index in [-0.39, 0.29) is 30.3 Å². The Morgan fingerprint density at radius 1 is 1.10 bits per heavy atom. The molecule has 1 saturated carbocycles. The fourth-order valence-corrected chi connectivity index (χ4v) is 9.24. The van der Waals surface area contributed by atoms with Crippen molar-refractivity contribution < 1.29 is 32.3 Å². The smallest absolute Gasteiger partial charge is 0.329 e. The van der Waals surface area contributed by atoms with Crippen molar-refractivity contribution in [3.05, 3.63) is 82.1 Å². The van der Waals surface area contributed by atoms with Gasteiger partial charge in [-0.2, -0.15) is 8.42 Å². The van der Waals surface area contributed by atoms with E-state index < -0.39 is 26.9 Å². The Bertz CT molecular complexity index is 1810. The van der Waals surface area contributed by atoms with E-state index in [9.17, 15) is 22.9 Å². The van der Waals surface area contributed by atoms with Gasteiger partial charge in [-0.15, -0.1) is 0 Å². The predicted molar refractivity (Wildman–Crippen MR) is 195 cm³/mol. The van der Waals surface area contributed by atoms with Crippen LogP contribution >= 0.6 is 11.6 Å². The summed E-state index contributed by atoms with van der Waals surface area (Å²) in [6, 6.07) is 15.3. The number of rotatable bonds is 13. The number of ether oxygens (including phenoxy) is 2. The van der Waals surface area contributed by atoms with Gasteiger partial charge in [-0.25, -0.2) is 4.79 Å². The summed E-state index contributed by atoms with van der Waals surface area (Å²) in [7, 11) is -4.14. The molecule has 50 heavy (non-hydrogen) atoms. The third-order valence-electron chi connectivity index (χ3n) is 11.6. The molecular formula is C39H49ClN2O7S. The van der Waals surface area contributed by atoms with Crippen LogP contribution in [0.2, 0.25) is 5.02 Å². The lowest BCUT2D eigenvalue weighted by atomic mass is 9.59. The van der Waals surface area contributed by atoms with Crippen LogP contribution in [0.15, 0.2) is 54.7 Å². The van der Waals surface area contributed by atoms with Crippen molar-refractivity contribution in [1.82, 2.24) is 4.98 Å². The molecule has 3 aromatic rings. The van der Waals surface area contributed by atoms with Crippen molar-refractivity contribution in [3.63, 3.8) is 0 Å². The fourth-order valence-electron chi connectivity index (χ4n) is 8.66. The van der Waals surface area contributed by atoms with Crippen LogP contribution in [0, 0.1) is 11.8 Å². The van der Waals surface area contributed by atoms with Crippen LogP contribution in [0.1, 0.15) is 100 Å². The standard InChI is InChI=1S/C39H49ClN2O7S/c1-25(24-49-35-12-18-41-34-9-4-6-26(2)36(34)35)20-29-21-28-10-11-32(48-19-13-27(3)50(45,46)47)23-33(28)38(29)14-16-39(17-15-38,37(43)44)42-31-8-5-7-30(40)22-31/h5,7-8,10-12,18,22-23,25-27,29,42H,4,6,9,13-17,19-21,24H2,1-3H3,(H,43,44)(H,45,46,47)/t25-,26-,27?,29?,38?,39?/m1/s1. The Morgan fingerprint density at radius 2 is 1.88 bits per heavy atom. The molecule has 2 unspecified atom stereocenters. The molecular weight excluding hydrogens is 676 g/mol. The summed E-state index contributed by atoms with van der Waals surface area (Å²) in [5.74, 6) is 1.67. The van der Waals surface area contributed by atoms with Crippen LogP contribution in [0.25, 0.3) is 0 Å². The van der Waals surface area contributed by atoms with E-state index >= 15 is 0 Å². The Kier molecular flexibility index (Phi) is 10.7. The summed E-state index contributed by atoms with van der Waals surface area (Å²) in [6.07, 6.45) is 9.33. The first-order valence-electron chi connectivity index (χ1n) is 17.9. The molecule has 0 saturated heterocycles. The van der Waals surface area contributed by atoms with Crippen LogP contribution in [0.3, 0.4) is 0 Å². The minimum atomic E-state index is -4.14. The van der Waals surface area contributed by atoms with Gasteiger partial charge in [-0.05, 0) is 135 Å². The Labute approximate surface area is 300 Å². The predicted octanol–water partition coefficient (Wildman–Crippen LogP) is 8.24. The van der Waals surface area contributed by atoms with Gasteiger partial charge < -0.3 is 19.9 Å². The highest BCUT2D eigenvalue weighted by Gasteiger charge is 2.54. The van der Waals surface area contributed by atoms with Crippen molar-refractivity contribution in [3.8, 4) is 11.5 Å². The molecule has 3 N–H and O–H groups in total. The number of nitrogens with zero attached hydrogens (tertiary/aromatic N) is 1. The summed E-state index contributed by atoms with van der Waals surface area (Å²) >= 11 is 6.25. The van der Waals surface area contributed by atoms with Gasteiger partial charge in [0.05, 0.1) is 18.5 Å². The van der Waals surface area contributed by atoms with Crippen LogP contribution in [0.4, 0.5) is 5.69 Å². The minimum absolute atomic E-state index is 0.146. The molecule has 4 atom stereocenters. The van der Waals surface area contributed by atoms with Gasteiger partial charge in [0.15, 0.2) is 0 Å². The second-order valence-electron chi connectivity index (χ2n) is 15.0. The molecule has 3 aliphatic carbocycles. The summed E-state index contributed by atoms with van der Waals surface area (Å²) in [4.78, 5) is 17.6. The van der Waals surface area contributed by atoms with E-state index in [1.165, 1.54) is 23.6 Å². The summed E-state index contributed by atoms with van der Waals surface area (Å²) in [6.45, 7) is 6.69. The molecule has 1 aromatic heterocycles. The number of aliphatic carboxylic acids is 1. The van der Waals surface area contributed by atoms with Crippen LogP contribution in [0.5, 0.6) is 11.5 Å². The maximum Gasteiger partial charge on any atom is 0.329 e. The Morgan fingerprint density at radius 3 is 2.60 bits per heavy atom. The number of aryl methyl sites for hydroxylation is 1. The summed E-state index contributed by atoms with van der Waals surface area (Å²) < 4.78 is 45.0. The topological polar surface area (TPSA) is 135 Å². The van der Waals surface area contributed by atoms with Gasteiger partial charge in [0.25, 0.3) is 10.1 Å². The number of fused-ring (bicyclic) bond motifs is 3. The molecule has 270 valence electrons. The number of anilines is 1. The van der Waals surface area contributed by atoms with Crippen molar-refractivity contribution in [2.75, 3.05) is 18.5 Å². The number of hydrogen-bond acceptors (Lipinski definition) is 7. The van der Waals surface area contributed by atoms with Gasteiger partial charge in [-0.3, -0.25) is 9.54 Å². The Hall–Kier alpha value is -3.34. The van der Waals surface area contributed by atoms with Gasteiger partial charge in [0.2, 0.25) is 0 Å². The lowest BCUT2D eigenvalue weighted by molar-refractivity contribution is -0.144. The first-order valence-corrected chi connectivity index (χ1v) is 19.8. The van der Waals surface area contributed by atoms with Crippen molar-refractivity contribution >= 4 is 33.4 Å². The molecule has 9 nitrogen and oxygen atoms in total. The quantitative estimate of drug-likeness (QED) is 0.149. The number of aromatic nitrogens is 1. The lowest BCUT2D eigenvalue weighted by Gasteiger charge is -2.47. The molecule has 3 aliphatic rings. The molecule has 0 aliphatic heterocycles. The number of halogens is 1. The summed E-state index contributed by atoms with van der Waals surface area (Å²) in [5.41, 5.74) is 4.13. The number of carbonyl (C=O) groups is 1. The van der Waals surface area contributed by atoms with Gasteiger partial charge in [0.1, 0.15) is 17.0 Å². The van der Waals surface area contributed by atoms with E-state index in [1.807, 2.05) is 30.5 Å². The molecule has 0 bridgehead atoms. The van der Waals surface area contributed by atoms with Crippen LogP contribution < -0.4 is 14.8 Å². The zero-order valence-electron chi connectivity index (χ0n) is 29.2. The SMILES string of the molecule is CC(CCOc1ccc2c(c1)C1(CCC(Nc3cccc(Cl)c3)(C(=O)O)CC1)C(C[C@@H](C)COc1ccnc3c1[C@H](C)CCC3)C2)S(=O)(=O)O. The highest BCUT2D eigenvalue weighted by molar-refractivity contribution is 7.86. The molecule has 1 fully saturated rings. The largest absolute Gasteiger partial charge is 0.494 e. The number of carboxylic acid groups (broad SMARTS) is 1. The normalized spacial score (nSPS) is 25.7. The third-order valence-corrected chi connectivity index (χ3v) is 13.1. The van der Waals surface area contributed by atoms with Gasteiger partial charge in [-0.1, -0.05) is 37.6 Å². The average Bonchev–Trinajstić information content (AvgIpc) is 3.35. The van der Waals surface area contributed by atoms with Crippen molar-refractivity contribution in [2.24, 2.45) is 11.8 Å². The van der Waals surface area contributed by atoms with E-state index in [1.54, 1.807) is 12.1 Å². The maximum atomic E-state index is 12.9. The second-order valence-corrected chi connectivity index (χ2v) is 17.2. The summed E-state index contributed by atoms with van der Waals surface area (Å²) in [5, 5.41) is 13.6. The van der Waals surface area contributed by atoms with Crippen molar-refractivity contribution in [1.29, 1.82) is 0 Å². The van der Waals surface area contributed by atoms with E-state index in [0.29, 0.717) is 54.7 Å². The zero-order chi connectivity index (χ0) is 35.7. The second kappa shape index (κ2) is 14.7. The molecule has 0 amide bonds. The first kappa shape index (κ1) is 36.5. The maximum absolute atomic E-state index is 12.9. The minimum Gasteiger partial charge on any atom is -0.494 e. The van der Waals surface area contributed by atoms with E-state index in [2.05, 4.69) is 36.3 Å². The number of benzene rings is 2. The van der Waals surface area contributed by atoms with Crippen molar-refractivity contribution in [2.45, 2.75) is 107 Å². The lowest BCUT2D eigenvalue weighted by Crippen LogP contribution is -2.53. The third kappa shape index (κ3) is 7.63. The van der Waals surface area contributed by atoms with Crippen LogP contribution in [-0.4, -0.2) is 53.0 Å². The molecule has 1 heterocycles. The molecule has 2 aromatic carbocycles. The van der Waals surface area contributed by atoms with E-state index in [0.717, 1.165) is 43.5 Å². The Balaban J connectivity index is 1.23. The first-order chi connectivity index (χ1) is 23.8. The van der Waals surface area contributed by atoms with Crippen LogP contribution in [-0.2, 0) is 33.2 Å². The molecule has 11 heteroatoms. The zero-order valence-corrected chi connectivity index (χ0v) is 30.7. The highest BCUT2D eigenvalue weighted by atomic mass is 35.5. The van der Waals surface area contributed by atoms with Gasteiger partial charge in [0, 0.05) is 34.6 Å². The molecule has 6 rings (SSSR count). The highest BCUT2D eigenvalue weighted by Crippen LogP contribution is 2.57. The number of nitrogens with one attached hydrogen (secondary N) is 1. The fraction of sp³-hybridized carbons (Fsp3) is 0.538. The number of carboxylic acids is 1. The average molecular weight is 725 g/mol. The molecule has 0 radical (unpaired) electrons. The molecule has 1 spiro atoms.